The predicted octanol–water partition coefficient (Wildman–Crippen LogP) is 2.90. The molecule has 2 N–H and O–H groups in total. The van der Waals surface area contributed by atoms with Gasteiger partial charge in [0.1, 0.15) is 0 Å². The number of fused-ring (bicyclic) bond motifs is 1. The summed E-state index contributed by atoms with van der Waals surface area (Å²) >= 11 is 0. The Morgan fingerprint density at radius 3 is 2.71 bits per heavy atom. The van der Waals surface area contributed by atoms with Crippen LogP contribution < -0.4 is 20.1 Å². The standard InChI is InChI=1S/C18H27N3O3/c1-12-6-13(2)9-21(8-12)10-14(3)19-18(22)20-15-4-5-16-17(7-15)24-11-23-16/h4-5,7,12-14H,6,8-11H2,1-3H3,(H2,19,20,22)/t12-,13-,14-/m1/s1. The molecule has 6 nitrogen and oxygen atoms in total. The van der Waals surface area contributed by atoms with Gasteiger partial charge in [-0.2, -0.15) is 0 Å². The number of urea groups is 1. The summed E-state index contributed by atoms with van der Waals surface area (Å²) in [5.41, 5.74) is 0.698. The van der Waals surface area contributed by atoms with Crippen LogP contribution in [0.3, 0.4) is 0 Å². The van der Waals surface area contributed by atoms with Crippen molar-refractivity contribution >= 4 is 11.7 Å². The minimum atomic E-state index is -0.195. The first-order valence-corrected chi connectivity index (χ1v) is 8.69. The number of rotatable bonds is 4. The normalized spacial score (nSPS) is 24.5. The average molecular weight is 333 g/mol. The van der Waals surface area contributed by atoms with Crippen LogP contribution in [-0.4, -0.2) is 43.4 Å². The van der Waals surface area contributed by atoms with E-state index in [4.69, 9.17) is 9.47 Å². The lowest BCUT2D eigenvalue weighted by Crippen LogP contribution is -2.47. The number of hydrogen-bond donors (Lipinski definition) is 2. The number of ether oxygens (including phenoxy) is 2. The first-order chi connectivity index (χ1) is 11.5. The van der Waals surface area contributed by atoms with Crippen molar-refractivity contribution in [1.29, 1.82) is 0 Å². The van der Waals surface area contributed by atoms with Gasteiger partial charge in [0, 0.05) is 37.4 Å². The van der Waals surface area contributed by atoms with Gasteiger partial charge in [-0.05, 0) is 37.3 Å². The number of anilines is 1. The van der Waals surface area contributed by atoms with Crippen LogP contribution in [0.25, 0.3) is 0 Å². The average Bonchev–Trinajstić information content (AvgIpc) is 2.93. The zero-order valence-corrected chi connectivity index (χ0v) is 14.7. The van der Waals surface area contributed by atoms with Crippen molar-refractivity contribution in [3.05, 3.63) is 18.2 Å². The van der Waals surface area contributed by atoms with Crippen molar-refractivity contribution in [3.8, 4) is 11.5 Å². The van der Waals surface area contributed by atoms with Gasteiger partial charge in [-0.25, -0.2) is 4.79 Å². The third-order valence-corrected chi connectivity index (χ3v) is 4.48. The topological polar surface area (TPSA) is 62.8 Å². The molecule has 2 aliphatic rings. The van der Waals surface area contributed by atoms with Crippen LogP contribution >= 0.6 is 0 Å². The van der Waals surface area contributed by atoms with E-state index in [9.17, 15) is 4.79 Å². The molecular weight excluding hydrogens is 306 g/mol. The second kappa shape index (κ2) is 7.30. The summed E-state index contributed by atoms with van der Waals surface area (Å²) in [6.45, 7) is 9.97. The van der Waals surface area contributed by atoms with Gasteiger partial charge in [0.05, 0.1) is 0 Å². The maximum Gasteiger partial charge on any atom is 0.319 e. The lowest BCUT2D eigenvalue weighted by molar-refractivity contribution is 0.132. The minimum absolute atomic E-state index is 0.0940. The molecule has 1 aromatic rings. The number of nitrogens with one attached hydrogen (secondary N) is 2. The third kappa shape index (κ3) is 4.32. The van der Waals surface area contributed by atoms with Crippen molar-refractivity contribution in [3.63, 3.8) is 0 Å². The highest BCUT2D eigenvalue weighted by Crippen LogP contribution is 2.34. The molecule has 1 saturated heterocycles. The summed E-state index contributed by atoms with van der Waals surface area (Å²) in [5.74, 6) is 2.83. The molecule has 1 aromatic carbocycles. The third-order valence-electron chi connectivity index (χ3n) is 4.48. The first kappa shape index (κ1) is 16.9. The van der Waals surface area contributed by atoms with Crippen LogP contribution in [-0.2, 0) is 0 Å². The summed E-state index contributed by atoms with van der Waals surface area (Å²) in [7, 11) is 0. The van der Waals surface area contributed by atoms with Gasteiger partial charge in [0.25, 0.3) is 0 Å². The lowest BCUT2D eigenvalue weighted by atomic mass is 9.92. The number of piperidine rings is 1. The summed E-state index contributed by atoms with van der Waals surface area (Å²) < 4.78 is 10.6. The molecule has 0 bridgehead atoms. The molecule has 0 radical (unpaired) electrons. The fraction of sp³-hybridized carbons (Fsp3) is 0.611. The Bertz CT molecular complexity index is 583. The molecule has 3 atom stereocenters. The number of likely N-dealkylation sites (tertiary alicyclic amines) is 1. The monoisotopic (exact) mass is 333 g/mol. The molecule has 132 valence electrons. The fourth-order valence-corrected chi connectivity index (χ4v) is 3.74. The van der Waals surface area contributed by atoms with Gasteiger partial charge >= 0.3 is 6.03 Å². The predicted molar refractivity (Wildman–Crippen MR) is 93.6 cm³/mol. The summed E-state index contributed by atoms with van der Waals surface area (Å²) in [6, 6.07) is 5.29. The Morgan fingerprint density at radius 1 is 1.25 bits per heavy atom. The van der Waals surface area contributed by atoms with Crippen LogP contribution in [0.4, 0.5) is 10.5 Å². The quantitative estimate of drug-likeness (QED) is 0.889. The van der Waals surface area contributed by atoms with Gasteiger partial charge < -0.3 is 25.0 Å². The van der Waals surface area contributed by atoms with Crippen LogP contribution in [0.1, 0.15) is 27.2 Å². The number of carbonyl (C=O) groups is 1. The summed E-state index contributed by atoms with van der Waals surface area (Å²) in [5, 5.41) is 5.86. The molecule has 24 heavy (non-hydrogen) atoms. The highest BCUT2D eigenvalue weighted by atomic mass is 16.7. The Hall–Kier alpha value is -1.95. The van der Waals surface area contributed by atoms with Gasteiger partial charge in [0.15, 0.2) is 11.5 Å². The van der Waals surface area contributed by atoms with E-state index in [0.29, 0.717) is 17.2 Å². The smallest absolute Gasteiger partial charge is 0.319 e. The van der Waals surface area contributed by atoms with E-state index in [-0.39, 0.29) is 18.9 Å². The van der Waals surface area contributed by atoms with Crippen molar-refractivity contribution in [2.24, 2.45) is 11.8 Å². The number of nitrogens with zero attached hydrogens (tertiary/aromatic N) is 1. The minimum Gasteiger partial charge on any atom is -0.454 e. The van der Waals surface area contributed by atoms with E-state index < -0.39 is 0 Å². The highest BCUT2D eigenvalue weighted by Gasteiger charge is 2.23. The summed E-state index contributed by atoms with van der Waals surface area (Å²) in [6.07, 6.45) is 1.29. The largest absolute Gasteiger partial charge is 0.454 e. The Kier molecular flexibility index (Phi) is 5.14. The van der Waals surface area contributed by atoms with Gasteiger partial charge in [0.2, 0.25) is 6.79 Å². The van der Waals surface area contributed by atoms with Crippen LogP contribution in [0.2, 0.25) is 0 Å². The van der Waals surface area contributed by atoms with Gasteiger partial charge in [-0.3, -0.25) is 0 Å². The van der Waals surface area contributed by atoms with E-state index in [2.05, 4.69) is 29.4 Å². The molecule has 3 rings (SSSR count). The second-order valence-corrected chi connectivity index (χ2v) is 7.23. The molecule has 0 aromatic heterocycles. The fourth-order valence-electron chi connectivity index (χ4n) is 3.74. The van der Waals surface area contributed by atoms with Crippen molar-refractivity contribution < 1.29 is 14.3 Å². The molecule has 0 spiro atoms. The zero-order valence-electron chi connectivity index (χ0n) is 14.7. The highest BCUT2D eigenvalue weighted by molar-refractivity contribution is 5.89. The molecular formula is C18H27N3O3. The molecule has 2 amide bonds. The Morgan fingerprint density at radius 2 is 1.96 bits per heavy atom. The number of benzene rings is 1. The number of carbonyl (C=O) groups excluding carboxylic acids is 1. The van der Waals surface area contributed by atoms with Crippen LogP contribution in [0.15, 0.2) is 18.2 Å². The maximum atomic E-state index is 12.2. The van der Waals surface area contributed by atoms with Crippen LogP contribution in [0.5, 0.6) is 11.5 Å². The Balaban J connectivity index is 1.47. The maximum absolute atomic E-state index is 12.2. The molecule has 6 heteroatoms. The zero-order chi connectivity index (χ0) is 17.1. The lowest BCUT2D eigenvalue weighted by Gasteiger charge is -2.36. The SMILES string of the molecule is C[C@@H]1C[C@@H](C)CN(C[C@@H](C)NC(=O)Nc2ccc3c(c2)OCO3)C1. The van der Waals surface area contributed by atoms with Crippen LogP contribution in [0, 0.1) is 11.8 Å². The van der Waals surface area contributed by atoms with E-state index in [1.165, 1.54) is 6.42 Å². The van der Waals surface area contributed by atoms with Gasteiger partial charge in [-0.15, -0.1) is 0 Å². The molecule has 0 unspecified atom stereocenters. The first-order valence-electron chi connectivity index (χ1n) is 8.69. The number of amides is 2. The number of hydrogen-bond acceptors (Lipinski definition) is 4. The van der Waals surface area contributed by atoms with Gasteiger partial charge in [-0.1, -0.05) is 13.8 Å². The van der Waals surface area contributed by atoms with Crippen molar-refractivity contribution in [2.75, 3.05) is 31.7 Å². The molecule has 1 fully saturated rings. The molecule has 0 aliphatic carbocycles. The van der Waals surface area contributed by atoms with E-state index in [1.807, 2.05) is 13.0 Å². The molecule has 0 saturated carbocycles. The Labute approximate surface area is 143 Å². The van der Waals surface area contributed by atoms with Crippen molar-refractivity contribution in [1.82, 2.24) is 10.2 Å². The summed E-state index contributed by atoms with van der Waals surface area (Å²) in [4.78, 5) is 14.6. The molecule has 2 aliphatic heterocycles. The van der Waals surface area contributed by atoms with E-state index in [0.717, 1.165) is 31.5 Å². The van der Waals surface area contributed by atoms with E-state index >= 15 is 0 Å². The second-order valence-electron chi connectivity index (χ2n) is 7.23. The molecule has 2 heterocycles. The van der Waals surface area contributed by atoms with E-state index in [1.54, 1.807) is 12.1 Å². The van der Waals surface area contributed by atoms with Crippen molar-refractivity contribution in [2.45, 2.75) is 33.2 Å².